The summed E-state index contributed by atoms with van der Waals surface area (Å²) < 4.78 is 5.07. The minimum Gasteiger partial charge on any atom is -0.480 e. The Morgan fingerprint density at radius 1 is 1.38 bits per heavy atom. The lowest BCUT2D eigenvalue weighted by Crippen LogP contribution is -2.51. The minimum absolute atomic E-state index is 0.363. The van der Waals surface area contributed by atoms with Crippen LogP contribution < -0.4 is 16.4 Å². The summed E-state index contributed by atoms with van der Waals surface area (Å²) in [6.07, 6.45) is -0.831. The summed E-state index contributed by atoms with van der Waals surface area (Å²) in [4.78, 5) is 23.3. The van der Waals surface area contributed by atoms with Gasteiger partial charge in [0.25, 0.3) is 0 Å². The molecule has 0 unspecified atom stereocenters. The fraction of sp³-hybridized carbons (Fsp3) is 0.438. The van der Waals surface area contributed by atoms with E-state index in [2.05, 4.69) is 10.6 Å². The predicted molar refractivity (Wildman–Crippen MR) is 89.4 cm³/mol. The number of ether oxygens (including phenoxy) is 1. The smallest absolute Gasteiger partial charge is 0.408 e. The largest absolute Gasteiger partial charge is 0.480 e. The first-order valence-corrected chi connectivity index (χ1v) is 7.32. The van der Waals surface area contributed by atoms with E-state index in [9.17, 15) is 14.7 Å². The highest BCUT2D eigenvalue weighted by Gasteiger charge is 2.29. The van der Waals surface area contributed by atoms with E-state index in [0.29, 0.717) is 16.9 Å². The van der Waals surface area contributed by atoms with Gasteiger partial charge in [0.05, 0.1) is 29.0 Å². The molecule has 1 aromatic rings. The second-order valence-corrected chi connectivity index (χ2v) is 6.31. The van der Waals surface area contributed by atoms with Crippen molar-refractivity contribution in [2.45, 2.75) is 45.4 Å². The predicted octanol–water partition coefficient (Wildman–Crippen LogP) is 1.92. The van der Waals surface area contributed by atoms with Gasteiger partial charge in [-0.3, -0.25) is 0 Å². The summed E-state index contributed by atoms with van der Waals surface area (Å²) in [7, 11) is 0. The number of hydrogen-bond acceptors (Lipinski definition) is 6. The van der Waals surface area contributed by atoms with Crippen LogP contribution in [0.1, 0.15) is 33.3 Å². The molecule has 0 aliphatic heterocycles. The fourth-order valence-corrected chi connectivity index (χ4v) is 1.91. The van der Waals surface area contributed by atoms with Gasteiger partial charge in [-0.2, -0.15) is 5.26 Å². The molecule has 5 N–H and O–H groups in total. The number of carboxylic acid groups (broad SMARTS) is 1. The summed E-state index contributed by atoms with van der Waals surface area (Å²) in [6.45, 7) is 6.61. The Labute approximate surface area is 140 Å². The summed E-state index contributed by atoms with van der Waals surface area (Å²) in [6, 6.07) is 4.64. The van der Waals surface area contributed by atoms with Crippen LogP contribution in [-0.4, -0.2) is 34.9 Å². The van der Waals surface area contributed by atoms with Gasteiger partial charge in [0.1, 0.15) is 11.6 Å². The zero-order chi connectivity index (χ0) is 18.5. The number of nitrogens with zero attached hydrogens (tertiary/aromatic N) is 1. The third-order valence-corrected chi connectivity index (χ3v) is 3.00. The highest BCUT2D eigenvalue weighted by atomic mass is 16.6. The molecular formula is C16H22N4O4. The Morgan fingerprint density at radius 3 is 2.50 bits per heavy atom. The molecule has 0 bridgehead atoms. The van der Waals surface area contributed by atoms with Gasteiger partial charge < -0.3 is 26.2 Å². The van der Waals surface area contributed by atoms with Crippen molar-refractivity contribution in [3.63, 3.8) is 0 Å². The molecule has 24 heavy (non-hydrogen) atoms. The Balaban J connectivity index is 2.88. The number of amides is 1. The normalized spacial score (nSPS) is 13.3. The number of benzene rings is 1. The number of carboxylic acids is 1. The topological polar surface area (TPSA) is 137 Å². The van der Waals surface area contributed by atoms with Gasteiger partial charge in [-0.15, -0.1) is 0 Å². The van der Waals surface area contributed by atoms with Crippen molar-refractivity contribution >= 4 is 23.4 Å². The summed E-state index contributed by atoms with van der Waals surface area (Å²) in [5.74, 6) is -1.23. The molecule has 0 aliphatic carbocycles. The molecule has 0 radical (unpaired) electrons. The Kier molecular flexibility index (Phi) is 6.01. The Bertz CT molecular complexity index is 661. The first-order valence-electron chi connectivity index (χ1n) is 7.32. The number of carbonyl (C=O) groups excluding carboxylic acids is 1. The lowest BCUT2D eigenvalue weighted by molar-refractivity contribution is -0.139. The Morgan fingerprint density at radius 2 is 2.00 bits per heavy atom. The summed E-state index contributed by atoms with van der Waals surface area (Å²) in [5, 5.41) is 23.5. The molecule has 0 heterocycles. The van der Waals surface area contributed by atoms with Crippen LogP contribution in [0.2, 0.25) is 0 Å². The van der Waals surface area contributed by atoms with Gasteiger partial charge in [-0.05, 0) is 45.9 Å². The maximum Gasteiger partial charge on any atom is 0.408 e. The van der Waals surface area contributed by atoms with Gasteiger partial charge in [0.2, 0.25) is 0 Å². The number of carbonyl (C=O) groups is 2. The monoisotopic (exact) mass is 334 g/mol. The maximum absolute atomic E-state index is 11.8. The number of alkyl carbamates (subject to hydrolysis) is 1. The zero-order valence-corrected chi connectivity index (χ0v) is 14.1. The van der Waals surface area contributed by atoms with E-state index in [-0.39, 0.29) is 0 Å². The lowest BCUT2D eigenvalue weighted by atomic mass is 10.1. The Hall–Kier alpha value is -2.95. The standard InChI is InChI=1S/C16H22N4O4/c1-9(19-12-7-10(8-17)5-6-11(12)18)13(14(21)22)20-15(23)24-16(2,3)4/h5-7,9,13,19H,18H2,1-4H3,(H,20,23)(H,21,22)/t9-,13-/m0/s1. The van der Waals surface area contributed by atoms with Gasteiger partial charge in [0.15, 0.2) is 0 Å². The molecule has 8 heteroatoms. The number of aliphatic carboxylic acids is 1. The molecule has 0 saturated heterocycles. The van der Waals surface area contributed by atoms with E-state index in [1.807, 2.05) is 6.07 Å². The fourth-order valence-electron chi connectivity index (χ4n) is 1.91. The average Bonchev–Trinajstić information content (AvgIpc) is 2.44. The number of rotatable bonds is 5. The maximum atomic E-state index is 11.8. The van der Waals surface area contributed by atoms with E-state index in [1.54, 1.807) is 39.8 Å². The van der Waals surface area contributed by atoms with Crippen LogP contribution in [0.15, 0.2) is 18.2 Å². The zero-order valence-electron chi connectivity index (χ0n) is 14.1. The molecule has 8 nitrogen and oxygen atoms in total. The number of hydrogen-bond donors (Lipinski definition) is 4. The van der Waals surface area contributed by atoms with Crippen LogP contribution in [0.5, 0.6) is 0 Å². The van der Waals surface area contributed by atoms with Crippen molar-refractivity contribution in [3.05, 3.63) is 23.8 Å². The second-order valence-electron chi connectivity index (χ2n) is 6.31. The van der Waals surface area contributed by atoms with Crippen LogP contribution in [-0.2, 0) is 9.53 Å². The second kappa shape index (κ2) is 7.55. The highest BCUT2D eigenvalue weighted by Crippen LogP contribution is 2.21. The highest BCUT2D eigenvalue weighted by molar-refractivity contribution is 5.81. The summed E-state index contributed by atoms with van der Waals surface area (Å²) in [5.41, 5.74) is 6.24. The van der Waals surface area contributed by atoms with E-state index in [0.717, 1.165) is 0 Å². The molecule has 1 amide bonds. The van der Waals surface area contributed by atoms with Crippen molar-refractivity contribution in [2.24, 2.45) is 0 Å². The average molecular weight is 334 g/mol. The molecule has 130 valence electrons. The van der Waals surface area contributed by atoms with Crippen molar-refractivity contribution in [3.8, 4) is 6.07 Å². The first kappa shape index (κ1) is 19.1. The van der Waals surface area contributed by atoms with Crippen molar-refractivity contribution in [1.29, 1.82) is 5.26 Å². The minimum atomic E-state index is -1.25. The molecular weight excluding hydrogens is 312 g/mol. The quantitative estimate of drug-likeness (QED) is 0.603. The van der Waals surface area contributed by atoms with Crippen molar-refractivity contribution in [1.82, 2.24) is 5.32 Å². The lowest BCUT2D eigenvalue weighted by Gasteiger charge is -2.26. The van der Waals surface area contributed by atoms with Gasteiger partial charge in [-0.1, -0.05) is 0 Å². The van der Waals surface area contributed by atoms with Gasteiger partial charge in [0, 0.05) is 0 Å². The SMILES string of the molecule is C[C@H](Nc1cc(C#N)ccc1N)[C@H](NC(=O)OC(C)(C)C)C(=O)O. The van der Waals surface area contributed by atoms with E-state index in [4.69, 9.17) is 15.7 Å². The molecule has 0 saturated carbocycles. The molecule has 0 spiro atoms. The summed E-state index contributed by atoms with van der Waals surface area (Å²) >= 11 is 0. The molecule has 1 aromatic carbocycles. The van der Waals surface area contributed by atoms with Gasteiger partial charge in [-0.25, -0.2) is 9.59 Å². The van der Waals surface area contributed by atoms with Crippen LogP contribution in [0.25, 0.3) is 0 Å². The number of nitriles is 1. The third kappa shape index (κ3) is 5.68. The van der Waals surface area contributed by atoms with E-state index in [1.165, 1.54) is 6.07 Å². The molecule has 0 fully saturated rings. The van der Waals surface area contributed by atoms with Gasteiger partial charge >= 0.3 is 12.1 Å². The molecule has 1 rings (SSSR count). The third-order valence-electron chi connectivity index (χ3n) is 3.00. The number of nitrogens with one attached hydrogen (secondary N) is 2. The molecule has 0 aromatic heterocycles. The molecule has 2 atom stereocenters. The van der Waals surface area contributed by atoms with Crippen LogP contribution in [0.3, 0.4) is 0 Å². The van der Waals surface area contributed by atoms with E-state index >= 15 is 0 Å². The molecule has 0 aliphatic rings. The number of anilines is 2. The van der Waals surface area contributed by atoms with Crippen LogP contribution in [0.4, 0.5) is 16.2 Å². The van der Waals surface area contributed by atoms with Crippen molar-refractivity contribution in [2.75, 3.05) is 11.1 Å². The van der Waals surface area contributed by atoms with Crippen LogP contribution >= 0.6 is 0 Å². The van der Waals surface area contributed by atoms with Crippen molar-refractivity contribution < 1.29 is 19.4 Å². The number of nitrogens with two attached hydrogens (primary N) is 1. The van der Waals surface area contributed by atoms with Crippen LogP contribution in [0, 0.1) is 11.3 Å². The first-order chi connectivity index (χ1) is 11.0. The number of nitrogen functional groups attached to an aromatic ring is 1. The van der Waals surface area contributed by atoms with E-state index < -0.39 is 29.7 Å².